The van der Waals surface area contributed by atoms with E-state index in [4.69, 9.17) is 4.42 Å². The van der Waals surface area contributed by atoms with E-state index in [-0.39, 0.29) is 12.1 Å². The first-order chi connectivity index (χ1) is 11.1. The monoisotopic (exact) mass is 314 g/mol. The third kappa shape index (κ3) is 3.83. The Hall–Kier alpha value is -2.50. The molecule has 1 fully saturated rings. The molecule has 1 aliphatic rings. The van der Waals surface area contributed by atoms with Crippen LogP contribution in [0.2, 0.25) is 0 Å². The van der Waals surface area contributed by atoms with Crippen molar-refractivity contribution in [3.05, 3.63) is 42.0 Å². The Morgan fingerprint density at radius 3 is 2.65 bits per heavy atom. The number of urea groups is 1. The zero-order valence-corrected chi connectivity index (χ0v) is 13.5. The number of aryl methyl sites for hydroxylation is 1. The quantitative estimate of drug-likeness (QED) is 0.906. The molecule has 0 saturated carbocycles. The molecule has 0 aromatic carbocycles. The summed E-state index contributed by atoms with van der Waals surface area (Å²) in [6.45, 7) is 5.87. The number of carbonyl (C=O) groups is 1. The molecular weight excluding hydrogens is 292 g/mol. The van der Waals surface area contributed by atoms with Crippen LogP contribution in [-0.4, -0.2) is 24.1 Å². The molecule has 0 aliphatic carbocycles. The zero-order chi connectivity index (χ0) is 16.2. The van der Waals surface area contributed by atoms with Crippen LogP contribution in [0.3, 0.4) is 0 Å². The fourth-order valence-electron chi connectivity index (χ4n) is 2.71. The summed E-state index contributed by atoms with van der Waals surface area (Å²) in [4.78, 5) is 18.7. The van der Waals surface area contributed by atoms with Crippen molar-refractivity contribution in [2.24, 2.45) is 0 Å². The fraction of sp³-hybridized carbons (Fsp3) is 0.412. The summed E-state index contributed by atoms with van der Waals surface area (Å²) in [5.41, 5.74) is 0.674. The molecule has 6 heteroatoms. The molecule has 23 heavy (non-hydrogen) atoms. The van der Waals surface area contributed by atoms with Gasteiger partial charge in [-0.25, -0.2) is 9.78 Å². The number of hydrogen-bond acceptors (Lipinski definition) is 4. The summed E-state index contributed by atoms with van der Waals surface area (Å²) in [5.74, 6) is 2.53. The van der Waals surface area contributed by atoms with Crippen molar-refractivity contribution < 1.29 is 9.21 Å². The van der Waals surface area contributed by atoms with Crippen molar-refractivity contribution in [2.45, 2.75) is 32.7 Å². The van der Waals surface area contributed by atoms with Gasteiger partial charge < -0.3 is 20.0 Å². The van der Waals surface area contributed by atoms with E-state index in [1.807, 2.05) is 38.1 Å². The normalized spacial score (nSPS) is 15.5. The second kappa shape index (κ2) is 6.73. The van der Waals surface area contributed by atoms with Crippen molar-refractivity contribution in [3.8, 4) is 0 Å². The van der Waals surface area contributed by atoms with Crippen molar-refractivity contribution in [2.75, 3.05) is 23.3 Å². The zero-order valence-electron chi connectivity index (χ0n) is 13.5. The molecule has 6 nitrogen and oxygen atoms in total. The predicted octanol–water partition coefficient (Wildman–Crippen LogP) is 3.47. The van der Waals surface area contributed by atoms with Gasteiger partial charge in [0.1, 0.15) is 17.3 Å². The van der Waals surface area contributed by atoms with E-state index >= 15 is 0 Å². The number of anilines is 2. The molecule has 0 radical (unpaired) electrons. The molecular formula is C17H22N4O2. The molecule has 2 amide bonds. The van der Waals surface area contributed by atoms with Crippen LogP contribution in [0.4, 0.5) is 16.3 Å². The molecule has 122 valence electrons. The molecule has 3 rings (SSSR count). The number of furan rings is 1. The standard InChI is InChI=1S/C17H22N4O2/c1-12-5-7-15(23-12)13(2)19-17(22)20-14-6-8-16(18-11-14)21-9-3-4-10-21/h5-8,11,13H,3-4,9-10H2,1-2H3,(H2,19,20,22). The lowest BCUT2D eigenvalue weighted by atomic mass is 10.2. The van der Waals surface area contributed by atoms with Crippen molar-refractivity contribution in [1.29, 1.82) is 0 Å². The highest BCUT2D eigenvalue weighted by atomic mass is 16.3. The second-order valence-electron chi connectivity index (χ2n) is 5.87. The molecule has 2 N–H and O–H groups in total. The Kier molecular flexibility index (Phi) is 4.50. The first-order valence-electron chi connectivity index (χ1n) is 7.96. The minimum Gasteiger partial charge on any atom is -0.464 e. The number of amides is 2. The summed E-state index contributed by atoms with van der Waals surface area (Å²) >= 11 is 0. The summed E-state index contributed by atoms with van der Waals surface area (Å²) < 4.78 is 5.51. The lowest BCUT2D eigenvalue weighted by molar-refractivity contribution is 0.247. The molecule has 1 atom stereocenters. The molecule has 3 heterocycles. The third-order valence-electron chi connectivity index (χ3n) is 3.97. The lowest BCUT2D eigenvalue weighted by Gasteiger charge is -2.17. The van der Waals surface area contributed by atoms with Crippen LogP contribution in [0.5, 0.6) is 0 Å². The minimum absolute atomic E-state index is 0.194. The van der Waals surface area contributed by atoms with Crippen molar-refractivity contribution in [3.63, 3.8) is 0 Å². The summed E-state index contributed by atoms with van der Waals surface area (Å²) in [7, 11) is 0. The number of aromatic nitrogens is 1. The third-order valence-corrected chi connectivity index (χ3v) is 3.97. The van der Waals surface area contributed by atoms with E-state index in [1.54, 1.807) is 6.20 Å². The summed E-state index contributed by atoms with van der Waals surface area (Å²) in [5, 5.41) is 5.64. The smallest absolute Gasteiger partial charge is 0.319 e. The molecule has 2 aromatic heterocycles. The van der Waals surface area contributed by atoms with Crippen molar-refractivity contribution >= 4 is 17.5 Å². The number of rotatable bonds is 4. The molecule has 1 unspecified atom stereocenters. The maximum Gasteiger partial charge on any atom is 0.319 e. The van der Waals surface area contributed by atoms with Crippen LogP contribution in [0.1, 0.15) is 37.3 Å². The van der Waals surface area contributed by atoms with Crippen LogP contribution in [-0.2, 0) is 0 Å². The maximum atomic E-state index is 12.0. The Morgan fingerprint density at radius 2 is 2.04 bits per heavy atom. The summed E-state index contributed by atoms with van der Waals surface area (Å²) in [6, 6.07) is 7.10. The summed E-state index contributed by atoms with van der Waals surface area (Å²) in [6.07, 6.45) is 4.12. The topological polar surface area (TPSA) is 70.4 Å². The number of pyridine rings is 1. The van der Waals surface area contributed by atoms with Gasteiger partial charge in [-0.15, -0.1) is 0 Å². The highest BCUT2D eigenvalue weighted by molar-refractivity contribution is 5.89. The van der Waals surface area contributed by atoms with Crippen molar-refractivity contribution in [1.82, 2.24) is 10.3 Å². The fourth-order valence-corrected chi connectivity index (χ4v) is 2.71. The van der Waals surface area contributed by atoms with E-state index in [0.717, 1.165) is 30.4 Å². The minimum atomic E-state index is -0.276. The number of hydrogen-bond donors (Lipinski definition) is 2. The Labute approximate surface area is 135 Å². The van der Waals surface area contributed by atoms with Gasteiger partial charge in [-0.3, -0.25) is 0 Å². The molecule has 1 aliphatic heterocycles. The average molecular weight is 314 g/mol. The first kappa shape index (κ1) is 15.4. The van der Waals surface area contributed by atoms with Gasteiger partial charge in [-0.2, -0.15) is 0 Å². The SMILES string of the molecule is Cc1ccc(C(C)NC(=O)Nc2ccc(N3CCCC3)nc2)o1. The Balaban J connectivity index is 1.55. The highest BCUT2D eigenvalue weighted by Crippen LogP contribution is 2.19. The van der Waals surface area contributed by atoms with Crippen LogP contribution < -0.4 is 15.5 Å². The molecule has 2 aromatic rings. The van der Waals surface area contributed by atoms with E-state index < -0.39 is 0 Å². The highest BCUT2D eigenvalue weighted by Gasteiger charge is 2.15. The van der Waals surface area contributed by atoms with E-state index in [0.29, 0.717) is 5.69 Å². The van der Waals surface area contributed by atoms with Gasteiger partial charge >= 0.3 is 6.03 Å². The van der Waals surface area contributed by atoms with Gasteiger partial charge in [0, 0.05) is 13.1 Å². The van der Waals surface area contributed by atoms with Crippen LogP contribution >= 0.6 is 0 Å². The second-order valence-corrected chi connectivity index (χ2v) is 5.87. The Bertz CT molecular complexity index is 659. The van der Waals surface area contributed by atoms with Gasteiger partial charge in [-0.1, -0.05) is 0 Å². The Morgan fingerprint density at radius 1 is 1.26 bits per heavy atom. The maximum absolute atomic E-state index is 12.0. The van der Waals surface area contributed by atoms with E-state index in [9.17, 15) is 4.79 Å². The average Bonchev–Trinajstić information content (AvgIpc) is 3.19. The van der Waals surface area contributed by atoms with Crippen LogP contribution in [0.15, 0.2) is 34.9 Å². The van der Waals surface area contributed by atoms with E-state index in [1.165, 1.54) is 12.8 Å². The van der Waals surface area contributed by atoms with Gasteiger partial charge in [0.2, 0.25) is 0 Å². The molecule has 1 saturated heterocycles. The predicted molar refractivity (Wildman–Crippen MR) is 89.7 cm³/mol. The van der Waals surface area contributed by atoms with Gasteiger partial charge in [0.05, 0.1) is 17.9 Å². The first-order valence-corrected chi connectivity index (χ1v) is 7.96. The number of nitrogens with zero attached hydrogens (tertiary/aromatic N) is 2. The van der Waals surface area contributed by atoms with Gasteiger partial charge in [0.15, 0.2) is 0 Å². The van der Waals surface area contributed by atoms with Gasteiger partial charge in [-0.05, 0) is 51.0 Å². The number of nitrogens with one attached hydrogen (secondary N) is 2. The number of carbonyl (C=O) groups excluding carboxylic acids is 1. The van der Waals surface area contributed by atoms with Crippen LogP contribution in [0.25, 0.3) is 0 Å². The largest absolute Gasteiger partial charge is 0.464 e. The van der Waals surface area contributed by atoms with Gasteiger partial charge in [0.25, 0.3) is 0 Å². The lowest BCUT2D eigenvalue weighted by Crippen LogP contribution is -2.31. The molecule has 0 spiro atoms. The molecule has 0 bridgehead atoms. The van der Waals surface area contributed by atoms with Crippen LogP contribution in [0, 0.1) is 6.92 Å². The van der Waals surface area contributed by atoms with E-state index in [2.05, 4.69) is 20.5 Å².